The van der Waals surface area contributed by atoms with Crippen molar-refractivity contribution in [3.05, 3.63) is 59.9 Å². The number of nitrogens with two attached hydrogens (primary N) is 1. The molecule has 32 heavy (non-hydrogen) atoms. The van der Waals surface area contributed by atoms with Gasteiger partial charge in [0.15, 0.2) is 0 Å². The Morgan fingerprint density at radius 3 is 2.38 bits per heavy atom. The van der Waals surface area contributed by atoms with Gasteiger partial charge in [0.1, 0.15) is 23.3 Å². The highest BCUT2D eigenvalue weighted by molar-refractivity contribution is 6.40. The average molecular weight is 442 g/mol. The summed E-state index contributed by atoms with van der Waals surface area (Å²) in [6.45, 7) is 0. The number of anilines is 1. The van der Waals surface area contributed by atoms with Crippen LogP contribution in [0.15, 0.2) is 53.6 Å². The zero-order valence-electron chi connectivity index (χ0n) is 17.6. The summed E-state index contributed by atoms with van der Waals surface area (Å²) < 4.78 is 23.1. The van der Waals surface area contributed by atoms with Gasteiger partial charge in [-0.1, -0.05) is 12.1 Å². The number of hydrogen-bond donors (Lipinski definition) is 2. The van der Waals surface area contributed by atoms with Crippen LogP contribution in [-0.4, -0.2) is 43.8 Å². The summed E-state index contributed by atoms with van der Waals surface area (Å²) in [5, 5.41) is 8.30. The van der Waals surface area contributed by atoms with Gasteiger partial charge in [-0.25, -0.2) is 4.39 Å². The number of nitrogens with zero attached hydrogens (tertiary/aromatic N) is 2. The topological polar surface area (TPSA) is 123 Å². The van der Waals surface area contributed by atoms with Crippen LogP contribution in [0, 0.1) is 5.82 Å². The van der Waals surface area contributed by atoms with Crippen LogP contribution in [0.2, 0.25) is 0 Å². The molecule has 2 amide bonds. The first-order chi connectivity index (χ1) is 15.3. The lowest BCUT2D eigenvalue weighted by Crippen LogP contribution is -2.40. The normalized spacial score (nSPS) is 16.2. The van der Waals surface area contributed by atoms with Crippen LogP contribution in [0.3, 0.4) is 0 Å². The Morgan fingerprint density at radius 2 is 1.81 bits per heavy atom. The number of carbonyl (C=O) groups excluding carboxylic acids is 3. The van der Waals surface area contributed by atoms with E-state index in [4.69, 9.17) is 15.2 Å². The van der Waals surface area contributed by atoms with Gasteiger partial charge in [0.2, 0.25) is 5.91 Å². The molecule has 0 radical (unpaired) electrons. The largest absolute Gasteiger partial charge is 0.497 e. The molecule has 1 aliphatic rings. The number of nitrogens with one attached hydrogen (secondary N) is 1. The zero-order chi connectivity index (χ0) is 23.3. The van der Waals surface area contributed by atoms with Crippen molar-refractivity contribution < 1.29 is 28.2 Å². The van der Waals surface area contributed by atoms with Crippen molar-refractivity contribution in [2.75, 3.05) is 19.2 Å². The summed E-state index contributed by atoms with van der Waals surface area (Å²) in [5.41, 5.74) is 6.62. The minimum atomic E-state index is -0.902. The fourth-order valence-corrected chi connectivity index (χ4v) is 3.28. The first-order valence-electron chi connectivity index (χ1n) is 9.75. The van der Waals surface area contributed by atoms with Gasteiger partial charge in [-0.15, -0.1) is 0 Å². The van der Waals surface area contributed by atoms with Crippen LogP contribution >= 0.6 is 0 Å². The molecule has 10 heteroatoms. The molecular weight excluding hydrogens is 419 g/mol. The number of benzene rings is 2. The van der Waals surface area contributed by atoms with Gasteiger partial charge < -0.3 is 20.5 Å². The van der Waals surface area contributed by atoms with E-state index < -0.39 is 35.7 Å². The van der Waals surface area contributed by atoms with Crippen molar-refractivity contribution in [3.8, 4) is 5.75 Å². The molecule has 3 rings (SSSR count). The number of carbonyl (C=O) groups is 3. The van der Waals surface area contributed by atoms with Crippen molar-refractivity contribution in [1.29, 1.82) is 0 Å². The molecule has 2 aromatic carbocycles. The lowest BCUT2D eigenvalue weighted by Gasteiger charge is -2.20. The maximum Gasteiger partial charge on any atom is 0.307 e. The van der Waals surface area contributed by atoms with Gasteiger partial charge in [-0.2, -0.15) is 5.10 Å². The molecule has 0 spiro atoms. The summed E-state index contributed by atoms with van der Waals surface area (Å²) in [5.74, 6) is -1.58. The number of rotatable bonds is 8. The van der Waals surface area contributed by atoms with E-state index in [2.05, 4.69) is 10.4 Å². The molecule has 0 aliphatic carbocycles. The second-order valence-electron chi connectivity index (χ2n) is 7.07. The molecular formula is C22H23FN4O5. The Hall–Kier alpha value is -3.95. The van der Waals surface area contributed by atoms with Gasteiger partial charge in [0.05, 0.1) is 32.4 Å². The number of primary amides is 1. The second kappa shape index (κ2) is 9.90. The molecule has 9 nitrogen and oxygen atoms in total. The van der Waals surface area contributed by atoms with Crippen LogP contribution in [0.1, 0.15) is 24.4 Å². The minimum Gasteiger partial charge on any atom is -0.497 e. The number of methoxy groups -OCH3 is 2. The van der Waals surface area contributed by atoms with Gasteiger partial charge in [0.25, 0.3) is 5.91 Å². The fourth-order valence-electron chi connectivity index (χ4n) is 3.28. The summed E-state index contributed by atoms with van der Waals surface area (Å²) >= 11 is 0. The van der Waals surface area contributed by atoms with E-state index in [9.17, 15) is 18.8 Å². The monoisotopic (exact) mass is 442 g/mol. The number of esters is 1. The van der Waals surface area contributed by atoms with Crippen molar-refractivity contribution in [1.82, 2.24) is 5.32 Å². The molecule has 0 bridgehead atoms. The molecule has 0 aromatic heterocycles. The van der Waals surface area contributed by atoms with E-state index in [1.54, 1.807) is 24.3 Å². The third kappa shape index (κ3) is 5.20. The molecule has 2 unspecified atom stereocenters. The third-order valence-corrected chi connectivity index (χ3v) is 5.01. The Morgan fingerprint density at radius 1 is 1.16 bits per heavy atom. The highest BCUT2D eigenvalue weighted by atomic mass is 19.1. The first kappa shape index (κ1) is 22.7. The van der Waals surface area contributed by atoms with Crippen molar-refractivity contribution in [3.63, 3.8) is 0 Å². The van der Waals surface area contributed by atoms with E-state index in [1.165, 1.54) is 43.5 Å². The molecule has 2 aromatic rings. The lowest BCUT2D eigenvalue weighted by molar-refractivity contribution is -0.141. The maximum atomic E-state index is 13.3. The standard InChI is InChI=1S/C22H23FN4O5/c1-31-16-9-3-13(4-10-16)17(12-20(28)32-2)25-22(30)18-11-19(21(24)29)27(26-18)15-7-5-14(23)6-8-15/h3-10,17,19H,11-12H2,1-2H3,(H2,24,29)(H,25,30). The molecule has 2 atom stereocenters. The first-order valence-corrected chi connectivity index (χ1v) is 9.75. The van der Waals surface area contributed by atoms with Gasteiger partial charge in [-0.3, -0.25) is 19.4 Å². The van der Waals surface area contributed by atoms with Crippen LogP contribution in [-0.2, 0) is 19.1 Å². The molecule has 3 N–H and O–H groups in total. The van der Waals surface area contributed by atoms with Crippen LogP contribution in [0.5, 0.6) is 5.75 Å². The van der Waals surface area contributed by atoms with Crippen molar-refractivity contribution in [2.24, 2.45) is 10.8 Å². The summed E-state index contributed by atoms with van der Waals surface area (Å²) in [4.78, 5) is 36.8. The Labute approximate surface area is 184 Å². The summed E-state index contributed by atoms with van der Waals surface area (Å²) in [6.07, 6.45) is -0.144. The number of ether oxygens (including phenoxy) is 2. The number of halogens is 1. The molecule has 1 heterocycles. The van der Waals surface area contributed by atoms with E-state index in [1.807, 2.05) is 0 Å². The van der Waals surface area contributed by atoms with Crippen LogP contribution < -0.4 is 20.8 Å². The van der Waals surface area contributed by atoms with Crippen molar-refractivity contribution >= 4 is 29.2 Å². The highest BCUT2D eigenvalue weighted by Gasteiger charge is 2.35. The predicted octanol–water partition coefficient (Wildman–Crippen LogP) is 1.67. The maximum absolute atomic E-state index is 13.3. The second-order valence-corrected chi connectivity index (χ2v) is 7.07. The third-order valence-electron chi connectivity index (χ3n) is 5.01. The molecule has 0 saturated carbocycles. The molecule has 0 fully saturated rings. The summed E-state index contributed by atoms with van der Waals surface area (Å²) in [6, 6.07) is 10.6. The number of hydrazone groups is 1. The van der Waals surface area contributed by atoms with E-state index >= 15 is 0 Å². The Balaban J connectivity index is 1.83. The fraction of sp³-hybridized carbons (Fsp3) is 0.273. The Bertz CT molecular complexity index is 1020. The molecule has 1 aliphatic heterocycles. The van der Waals surface area contributed by atoms with E-state index in [0.717, 1.165) is 0 Å². The molecule has 168 valence electrons. The van der Waals surface area contributed by atoms with E-state index in [-0.39, 0.29) is 18.6 Å². The smallest absolute Gasteiger partial charge is 0.307 e. The quantitative estimate of drug-likeness (QED) is 0.600. The molecule has 0 saturated heterocycles. The number of hydrogen-bond acceptors (Lipinski definition) is 7. The van der Waals surface area contributed by atoms with E-state index in [0.29, 0.717) is 17.0 Å². The highest BCUT2D eigenvalue weighted by Crippen LogP contribution is 2.26. The predicted molar refractivity (Wildman–Crippen MR) is 114 cm³/mol. The Kier molecular flexibility index (Phi) is 7.04. The van der Waals surface area contributed by atoms with Gasteiger partial charge in [0, 0.05) is 6.42 Å². The zero-order valence-corrected chi connectivity index (χ0v) is 17.6. The van der Waals surface area contributed by atoms with Gasteiger partial charge >= 0.3 is 5.97 Å². The lowest BCUT2D eigenvalue weighted by atomic mass is 10.0. The minimum absolute atomic E-state index is 0.0356. The van der Waals surface area contributed by atoms with Gasteiger partial charge in [-0.05, 0) is 42.0 Å². The average Bonchev–Trinajstić information content (AvgIpc) is 3.25. The van der Waals surface area contributed by atoms with Crippen LogP contribution in [0.25, 0.3) is 0 Å². The summed E-state index contributed by atoms with van der Waals surface area (Å²) in [7, 11) is 2.79. The van der Waals surface area contributed by atoms with Crippen molar-refractivity contribution in [2.45, 2.75) is 24.9 Å². The van der Waals surface area contributed by atoms with Crippen LogP contribution in [0.4, 0.5) is 10.1 Å². The SMILES string of the molecule is COC(=O)CC(NC(=O)C1=NN(c2ccc(F)cc2)C(C(N)=O)C1)c1ccc(OC)cc1. The number of amides is 2.